The van der Waals surface area contributed by atoms with E-state index in [1.54, 1.807) is 0 Å². The lowest BCUT2D eigenvalue weighted by molar-refractivity contribution is -0.145. The number of aliphatic carboxylic acids is 4. The topological polar surface area (TPSA) is 156 Å². The van der Waals surface area contributed by atoms with E-state index < -0.39 is 48.5 Å². The van der Waals surface area contributed by atoms with Crippen LogP contribution in [0.1, 0.15) is 0 Å². The molecule has 0 fully saturated rings. The number of nitrogens with zero attached hydrogens (tertiary/aromatic N) is 2. The van der Waals surface area contributed by atoms with Gasteiger partial charge in [-0.25, -0.2) is 4.79 Å². The van der Waals surface area contributed by atoms with Gasteiger partial charge in [-0.15, -0.1) is 0 Å². The third-order valence-corrected chi connectivity index (χ3v) is 3.25. The monoisotopic (exact) mass is 370 g/mol. The Labute approximate surface area is 127 Å². The molecule has 0 aromatic rings. The summed E-state index contributed by atoms with van der Waals surface area (Å²) in [6.45, 7) is -1.92. The summed E-state index contributed by atoms with van der Waals surface area (Å²) in [6.07, 6.45) is 0. The molecule has 120 valence electrons. The number of hydrogen-bond donors (Lipinski definition) is 4. The summed E-state index contributed by atoms with van der Waals surface area (Å²) in [5.41, 5.74) is 0. The fourth-order valence-electron chi connectivity index (χ4n) is 1.47. The van der Waals surface area contributed by atoms with E-state index >= 15 is 0 Å². The summed E-state index contributed by atoms with van der Waals surface area (Å²) in [7, 11) is 0. The second-order valence-electron chi connectivity index (χ2n) is 4.04. The zero-order valence-corrected chi connectivity index (χ0v) is 12.4. The molecule has 0 bridgehead atoms. The zero-order chi connectivity index (χ0) is 16.6. The van der Waals surface area contributed by atoms with Crippen LogP contribution in [-0.4, -0.2) is 91.8 Å². The van der Waals surface area contributed by atoms with E-state index in [0.717, 1.165) is 9.80 Å². The number of alkyl halides is 1. The normalized spacial score (nSPS) is 12.3. The van der Waals surface area contributed by atoms with Gasteiger partial charge in [0.2, 0.25) is 0 Å². The van der Waals surface area contributed by atoms with Crippen LogP contribution in [0.4, 0.5) is 0 Å². The van der Waals surface area contributed by atoms with Gasteiger partial charge in [0.05, 0.1) is 19.6 Å². The molecule has 1 unspecified atom stereocenters. The fourth-order valence-corrected chi connectivity index (χ4v) is 1.82. The first-order valence-corrected chi connectivity index (χ1v) is 6.53. The van der Waals surface area contributed by atoms with Gasteiger partial charge < -0.3 is 20.4 Å². The second-order valence-corrected chi connectivity index (χ2v) is 4.90. The van der Waals surface area contributed by atoms with Crippen molar-refractivity contribution in [3.8, 4) is 0 Å². The van der Waals surface area contributed by atoms with Crippen LogP contribution in [0.5, 0.6) is 0 Å². The molecule has 0 aliphatic rings. The maximum absolute atomic E-state index is 10.8. The first-order chi connectivity index (χ1) is 9.63. The Balaban J connectivity index is 4.72. The quantitative estimate of drug-likeness (QED) is 0.253. The molecule has 0 radical (unpaired) electrons. The van der Waals surface area contributed by atoms with Crippen LogP contribution < -0.4 is 0 Å². The first kappa shape index (κ1) is 19.3. The zero-order valence-electron chi connectivity index (χ0n) is 10.8. The van der Waals surface area contributed by atoms with Crippen LogP contribution in [0.15, 0.2) is 0 Å². The molecule has 0 aliphatic carbocycles. The number of hydrogen-bond acceptors (Lipinski definition) is 6. The largest absolute Gasteiger partial charge is 0.480 e. The predicted molar refractivity (Wildman–Crippen MR) is 71.3 cm³/mol. The highest BCUT2D eigenvalue weighted by molar-refractivity contribution is 9.09. The Hall–Kier alpha value is -1.72. The summed E-state index contributed by atoms with van der Waals surface area (Å²) in [4.78, 5) is 43.6. The van der Waals surface area contributed by atoms with Crippen molar-refractivity contribution in [2.45, 2.75) is 4.95 Å². The smallest absolute Gasteiger partial charge is 0.332 e. The molecule has 0 aliphatic heterocycles. The van der Waals surface area contributed by atoms with Crippen molar-refractivity contribution < 1.29 is 39.6 Å². The molecule has 0 aromatic carbocycles. The van der Waals surface area contributed by atoms with Crippen LogP contribution in [0.2, 0.25) is 0 Å². The number of carboxylic acids is 4. The first-order valence-electron chi connectivity index (χ1n) is 5.62. The van der Waals surface area contributed by atoms with Crippen LogP contribution in [0.25, 0.3) is 0 Å². The van der Waals surface area contributed by atoms with Gasteiger partial charge in [-0.1, -0.05) is 15.9 Å². The maximum atomic E-state index is 10.8. The van der Waals surface area contributed by atoms with Crippen LogP contribution in [0, 0.1) is 0 Å². The average Bonchev–Trinajstić information content (AvgIpc) is 2.31. The van der Waals surface area contributed by atoms with Gasteiger partial charge in [0, 0.05) is 13.1 Å². The molecule has 0 spiro atoms. The SMILES string of the molecule is O=C(O)CN(CCN(CC(=O)O)C(Br)C(=O)O)CC(=O)O. The number of halogens is 1. The molecule has 0 heterocycles. The van der Waals surface area contributed by atoms with Gasteiger partial charge in [-0.2, -0.15) is 0 Å². The average molecular weight is 371 g/mol. The van der Waals surface area contributed by atoms with Gasteiger partial charge in [0.1, 0.15) is 0 Å². The molecule has 0 amide bonds. The van der Waals surface area contributed by atoms with Crippen molar-refractivity contribution in [2.75, 3.05) is 32.7 Å². The molecule has 21 heavy (non-hydrogen) atoms. The Kier molecular flexibility index (Phi) is 8.50. The van der Waals surface area contributed by atoms with E-state index in [-0.39, 0.29) is 13.1 Å². The van der Waals surface area contributed by atoms with Crippen molar-refractivity contribution in [1.29, 1.82) is 0 Å². The molecule has 10 nitrogen and oxygen atoms in total. The second kappa shape index (κ2) is 9.26. The Morgan fingerprint density at radius 2 is 1.24 bits per heavy atom. The van der Waals surface area contributed by atoms with Crippen LogP contribution in [0.3, 0.4) is 0 Å². The highest BCUT2D eigenvalue weighted by Gasteiger charge is 2.25. The molecule has 0 rings (SSSR count). The molecule has 1 atom stereocenters. The van der Waals surface area contributed by atoms with Crippen molar-refractivity contribution in [2.24, 2.45) is 0 Å². The van der Waals surface area contributed by atoms with Crippen LogP contribution >= 0.6 is 15.9 Å². The highest BCUT2D eigenvalue weighted by atomic mass is 79.9. The third kappa shape index (κ3) is 8.94. The minimum Gasteiger partial charge on any atom is -0.480 e. The van der Waals surface area contributed by atoms with Gasteiger partial charge >= 0.3 is 23.9 Å². The summed E-state index contributed by atoms with van der Waals surface area (Å²) < 4.78 is 0. The van der Waals surface area contributed by atoms with E-state index in [4.69, 9.17) is 20.4 Å². The lowest BCUT2D eigenvalue weighted by Gasteiger charge is -2.26. The van der Waals surface area contributed by atoms with E-state index in [9.17, 15) is 19.2 Å². The number of rotatable bonds is 11. The van der Waals surface area contributed by atoms with Gasteiger partial charge in [-0.05, 0) is 0 Å². The van der Waals surface area contributed by atoms with Crippen LogP contribution in [-0.2, 0) is 19.2 Å². The van der Waals surface area contributed by atoms with Crippen molar-refractivity contribution in [1.82, 2.24) is 9.80 Å². The number of carboxylic acid groups (broad SMARTS) is 4. The molecule has 11 heteroatoms. The number of carbonyl (C=O) groups is 4. The van der Waals surface area contributed by atoms with E-state index in [0.29, 0.717) is 0 Å². The highest BCUT2D eigenvalue weighted by Crippen LogP contribution is 2.08. The summed E-state index contributed by atoms with van der Waals surface area (Å²) in [5.74, 6) is -5.05. The lowest BCUT2D eigenvalue weighted by atomic mass is 10.4. The summed E-state index contributed by atoms with van der Waals surface area (Å²) >= 11 is 2.80. The van der Waals surface area contributed by atoms with E-state index in [2.05, 4.69) is 15.9 Å². The lowest BCUT2D eigenvalue weighted by Crippen LogP contribution is -2.46. The standard InChI is InChI=1S/C10H15BrN2O8/c11-9(10(20)21)13(5-8(18)19)2-1-12(3-6(14)15)4-7(16)17/h9H,1-5H2,(H,14,15)(H,16,17)(H,18,19)(H,20,21). The molecule has 0 aromatic heterocycles. The van der Waals surface area contributed by atoms with E-state index in [1.165, 1.54) is 0 Å². The van der Waals surface area contributed by atoms with Crippen molar-refractivity contribution in [3.05, 3.63) is 0 Å². The molecule has 0 saturated heterocycles. The Morgan fingerprint density at radius 1 is 0.810 bits per heavy atom. The molecule has 0 saturated carbocycles. The van der Waals surface area contributed by atoms with Gasteiger partial charge in [-0.3, -0.25) is 24.2 Å². The van der Waals surface area contributed by atoms with E-state index in [1.807, 2.05) is 0 Å². The summed E-state index contributed by atoms with van der Waals surface area (Å²) in [5, 5.41) is 34.9. The van der Waals surface area contributed by atoms with Gasteiger partial charge in [0.15, 0.2) is 4.95 Å². The molecular weight excluding hydrogens is 356 g/mol. The molecule has 4 N–H and O–H groups in total. The molecular formula is C10H15BrN2O8. The van der Waals surface area contributed by atoms with Crippen molar-refractivity contribution >= 4 is 39.8 Å². The Morgan fingerprint density at radius 3 is 1.57 bits per heavy atom. The maximum Gasteiger partial charge on any atom is 0.332 e. The minimum atomic E-state index is -1.31. The summed E-state index contributed by atoms with van der Waals surface area (Å²) in [6, 6.07) is 0. The Bertz CT molecular complexity index is 400. The minimum absolute atomic E-state index is 0.110. The predicted octanol–water partition coefficient (Wildman–Crippen LogP) is -1.35. The third-order valence-electron chi connectivity index (χ3n) is 2.28. The van der Waals surface area contributed by atoms with Gasteiger partial charge in [0.25, 0.3) is 0 Å². The fraction of sp³-hybridized carbons (Fsp3) is 0.600. The van der Waals surface area contributed by atoms with Crippen molar-refractivity contribution in [3.63, 3.8) is 0 Å².